The van der Waals surface area contributed by atoms with Crippen molar-refractivity contribution in [2.24, 2.45) is 5.73 Å². The third-order valence-corrected chi connectivity index (χ3v) is 2.49. The SMILES string of the molecule is C#CCCNC(=O)[C@@H](N)CCc1ccccc1. The Morgan fingerprint density at radius 1 is 1.41 bits per heavy atom. The van der Waals surface area contributed by atoms with Gasteiger partial charge in [-0.1, -0.05) is 30.3 Å². The molecule has 0 radical (unpaired) electrons. The molecule has 1 aromatic rings. The Kier molecular flexibility index (Phi) is 5.84. The fourth-order valence-electron chi connectivity index (χ4n) is 1.49. The van der Waals surface area contributed by atoms with Crippen LogP contribution >= 0.6 is 0 Å². The average molecular weight is 230 g/mol. The molecule has 17 heavy (non-hydrogen) atoms. The van der Waals surface area contributed by atoms with Crippen LogP contribution in [0.25, 0.3) is 0 Å². The van der Waals surface area contributed by atoms with Gasteiger partial charge in [0.15, 0.2) is 0 Å². The zero-order valence-electron chi connectivity index (χ0n) is 9.86. The molecule has 0 fully saturated rings. The molecule has 90 valence electrons. The normalized spacial score (nSPS) is 11.5. The first kappa shape index (κ1) is 13.3. The maximum atomic E-state index is 11.5. The molecule has 1 aromatic carbocycles. The van der Waals surface area contributed by atoms with Gasteiger partial charge in [0.25, 0.3) is 0 Å². The van der Waals surface area contributed by atoms with Gasteiger partial charge in [-0.15, -0.1) is 12.3 Å². The van der Waals surface area contributed by atoms with E-state index in [0.29, 0.717) is 19.4 Å². The predicted octanol–water partition coefficient (Wildman–Crippen LogP) is 1.09. The summed E-state index contributed by atoms with van der Waals surface area (Å²) >= 11 is 0. The molecule has 0 saturated heterocycles. The Balaban J connectivity index is 2.27. The summed E-state index contributed by atoms with van der Waals surface area (Å²) in [5.74, 6) is 2.34. The van der Waals surface area contributed by atoms with Crippen LogP contribution in [-0.4, -0.2) is 18.5 Å². The first-order valence-electron chi connectivity index (χ1n) is 5.74. The average Bonchev–Trinajstić information content (AvgIpc) is 2.37. The highest BCUT2D eigenvalue weighted by Gasteiger charge is 2.12. The first-order chi connectivity index (χ1) is 8.24. The van der Waals surface area contributed by atoms with Crippen molar-refractivity contribution in [3.8, 4) is 12.3 Å². The molecule has 1 amide bonds. The molecule has 1 rings (SSSR count). The molecule has 0 saturated carbocycles. The van der Waals surface area contributed by atoms with Gasteiger partial charge in [0.2, 0.25) is 5.91 Å². The van der Waals surface area contributed by atoms with E-state index in [9.17, 15) is 4.79 Å². The van der Waals surface area contributed by atoms with E-state index in [4.69, 9.17) is 12.2 Å². The van der Waals surface area contributed by atoms with Gasteiger partial charge in [-0.3, -0.25) is 4.79 Å². The highest BCUT2D eigenvalue weighted by molar-refractivity contribution is 5.81. The molecule has 1 atom stereocenters. The molecule has 3 heteroatoms. The molecule has 0 spiro atoms. The summed E-state index contributed by atoms with van der Waals surface area (Å²) in [7, 11) is 0. The molecule has 0 aliphatic carbocycles. The lowest BCUT2D eigenvalue weighted by molar-refractivity contribution is -0.122. The summed E-state index contributed by atoms with van der Waals surface area (Å²) in [6, 6.07) is 9.52. The summed E-state index contributed by atoms with van der Waals surface area (Å²) in [6.07, 6.45) is 7.09. The smallest absolute Gasteiger partial charge is 0.236 e. The quantitative estimate of drug-likeness (QED) is 0.567. The highest BCUT2D eigenvalue weighted by atomic mass is 16.2. The number of nitrogens with one attached hydrogen (secondary N) is 1. The summed E-state index contributed by atoms with van der Waals surface area (Å²) in [5, 5.41) is 2.71. The van der Waals surface area contributed by atoms with Crippen molar-refractivity contribution >= 4 is 5.91 Å². The highest BCUT2D eigenvalue weighted by Crippen LogP contribution is 2.03. The second-order valence-corrected chi connectivity index (χ2v) is 3.88. The summed E-state index contributed by atoms with van der Waals surface area (Å²) in [5.41, 5.74) is 6.98. The zero-order valence-corrected chi connectivity index (χ0v) is 9.86. The second kappa shape index (κ2) is 7.48. The predicted molar refractivity (Wildman–Crippen MR) is 69.2 cm³/mol. The van der Waals surface area contributed by atoms with Crippen LogP contribution in [0.2, 0.25) is 0 Å². The molecule has 0 heterocycles. The van der Waals surface area contributed by atoms with Gasteiger partial charge >= 0.3 is 0 Å². The Bertz CT molecular complexity index is 381. The van der Waals surface area contributed by atoms with Gasteiger partial charge in [0, 0.05) is 13.0 Å². The summed E-state index contributed by atoms with van der Waals surface area (Å²) in [6.45, 7) is 0.494. The van der Waals surface area contributed by atoms with Crippen LogP contribution in [0.15, 0.2) is 30.3 Å². The minimum Gasteiger partial charge on any atom is -0.354 e. The number of hydrogen-bond donors (Lipinski definition) is 2. The number of terminal acetylenes is 1. The number of carbonyl (C=O) groups is 1. The molecule has 0 aromatic heterocycles. The molecule has 0 aliphatic heterocycles. The number of rotatable bonds is 6. The lowest BCUT2D eigenvalue weighted by Gasteiger charge is -2.11. The largest absolute Gasteiger partial charge is 0.354 e. The van der Waals surface area contributed by atoms with Crippen LogP contribution in [0.1, 0.15) is 18.4 Å². The van der Waals surface area contributed by atoms with Crippen LogP contribution < -0.4 is 11.1 Å². The monoisotopic (exact) mass is 230 g/mol. The number of aryl methyl sites for hydroxylation is 1. The van der Waals surface area contributed by atoms with Gasteiger partial charge in [-0.25, -0.2) is 0 Å². The van der Waals surface area contributed by atoms with Crippen molar-refractivity contribution in [1.29, 1.82) is 0 Å². The van der Waals surface area contributed by atoms with Crippen molar-refractivity contribution < 1.29 is 4.79 Å². The Labute approximate surface area is 102 Å². The Hall–Kier alpha value is -1.79. The van der Waals surface area contributed by atoms with Crippen molar-refractivity contribution in [1.82, 2.24) is 5.32 Å². The first-order valence-corrected chi connectivity index (χ1v) is 5.74. The van der Waals surface area contributed by atoms with Crippen LogP contribution in [0, 0.1) is 12.3 Å². The molecular weight excluding hydrogens is 212 g/mol. The number of amides is 1. The fraction of sp³-hybridized carbons (Fsp3) is 0.357. The molecule has 0 unspecified atom stereocenters. The van der Waals surface area contributed by atoms with Gasteiger partial charge in [0.05, 0.1) is 6.04 Å². The molecular formula is C14H18N2O. The molecule has 0 bridgehead atoms. The number of carbonyl (C=O) groups excluding carboxylic acids is 1. The second-order valence-electron chi connectivity index (χ2n) is 3.88. The number of nitrogens with two attached hydrogens (primary N) is 1. The lowest BCUT2D eigenvalue weighted by Crippen LogP contribution is -2.41. The van der Waals surface area contributed by atoms with E-state index < -0.39 is 6.04 Å². The minimum absolute atomic E-state index is 0.129. The van der Waals surface area contributed by atoms with E-state index in [-0.39, 0.29) is 5.91 Å². The Morgan fingerprint density at radius 3 is 2.76 bits per heavy atom. The Morgan fingerprint density at radius 2 is 2.12 bits per heavy atom. The van der Waals surface area contributed by atoms with Crippen molar-refractivity contribution in [2.45, 2.75) is 25.3 Å². The van der Waals surface area contributed by atoms with Crippen LogP contribution in [-0.2, 0) is 11.2 Å². The molecule has 0 aliphatic rings. The third kappa shape index (κ3) is 5.19. The topological polar surface area (TPSA) is 55.1 Å². The van der Waals surface area contributed by atoms with Gasteiger partial charge < -0.3 is 11.1 Å². The van der Waals surface area contributed by atoms with E-state index in [1.165, 1.54) is 5.56 Å². The van der Waals surface area contributed by atoms with E-state index in [1.54, 1.807) is 0 Å². The summed E-state index contributed by atoms with van der Waals surface area (Å²) in [4.78, 5) is 11.5. The van der Waals surface area contributed by atoms with Crippen molar-refractivity contribution in [3.63, 3.8) is 0 Å². The molecule has 3 nitrogen and oxygen atoms in total. The lowest BCUT2D eigenvalue weighted by atomic mass is 10.1. The fourth-order valence-corrected chi connectivity index (χ4v) is 1.49. The zero-order chi connectivity index (χ0) is 12.5. The third-order valence-electron chi connectivity index (χ3n) is 2.49. The standard InChI is InChI=1S/C14H18N2O/c1-2-3-11-16-14(17)13(15)10-9-12-7-5-4-6-8-12/h1,4-8,13H,3,9-11,15H2,(H,16,17)/t13-/m0/s1. The van der Waals surface area contributed by atoms with Crippen molar-refractivity contribution in [3.05, 3.63) is 35.9 Å². The summed E-state index contributed by atoms with van der Waals surface area (Å²) < 4.78 is 0. The number of hydrogen-bond acceptors (Lipinski definition) is 2. The maximum Gasteiger partial charge on any atom is 0.236 e. The van der Waals surface area contributed by atoms with Gasteiger partial charge in [-0.2, -0.15) is 0 Å². The van der Waals surface area contributed by atoms with E-state index in [1.807, 2.05) is 30.3 Å². The van der Waals surface area contributed by atoms with Crippen LogP contribution in [0.3, 0.4) is 0 Å². The van der Waals surface area contributed by atoms with Crippen molar-refractivity contribution in [2.75, 3.05) is 6.54 Å². The molecule has 3 N–H and O–H groups in total. The number of benzene rings is 1. The van der Waals surface area contributed by atoms with Gasteiger partial charge in [-0.05, 0) is 18.4 Å². The van der Waals surface area contributed by atoms with E-state index in [2.05, 4.69) is 11.2 Å². The van der Waals surface area contributed by atoms with Crippen LogP contribution in [0.4, 0.5) is 0 Å². The maximum absolute atomic E-state index is 11.5. The van der Waals surface area contributed by atoms with Gasteiger partial charge in [0.1, 0.15) is 0 Å². The van der Waals surface area contributed by atoms with E-state index >= 15 is 0 Å². The minimum atomic E-state index is -0.465. The van der Waals surface area contributed by atoms with Crippen LogP contribution in [0.5, 0.6) is 0 Å². The van der Waals surface area contributed by atoms with E-state index in [0.717, 1.165) is 6.42 Å².